The Bertz CT molecular complexity index is 1930. The molecule has 0 spiro atoms. The summed E-state index contributed by atoms with van der Waals surface area (Å²) in [7, 11) is 1.53. The molecular weight excluding hydrogens is 548 g/mol. The topological polar surface area (TPSA) is 134 Å². The summed E-state index contributed by atoms with van der Waals surface area (Å²) in [6.45, 7) is 1.67. The molecule has 0 saturated heterocycles. The summed E-state index contributed by atoms with van der Waals surface area (Å²) < 4.78 is 17.7. The van der Waals surface area contributed by atoms with Crippen LogP contribution in [-0.2, 0) is 4.79 Å². The number of hydrogen-bond acceptors (Lipinski definition) is 9. The Morgan fingerprint density at radius 3 is 2.63 bits per heavy atom. The zero-order valence-electron chi connectivity index (χ0n) is 21.8. The summed E-state index contributed by atoms with van der Waals surface area (Å²) in [5.74, 6) is 0.752. The molecule has 1 amide bonds. The van der Waals surface area contributed by atoms with Crippen LogP contribution >= 0.6 is 11.3 Å². The number of nitro benzene ring substituents is 1. The van der Waals surface area contributed by atoms with Gasteiger partial charge >= 0.3 is 0 Å². The molecule has 3 aromatic carbocycles. The minimum absolute atomic E-state index is 0.0498. The van der Waals surface area contributed by atoms with E-state index in [1.165, 1.54) is 29.9 Å². The number of benzene rings is 3. The maximum atomic E-state index is 14.0. The Hall–Kier alpha value is -5.23. The maximum Gasteiger partial charge on any atom is 0.280 e. The van der Waals surface area contributed by atoms with Crippen LogP contribution in [0.5, 0.6) is 17.2 Å². The lowest BCUT2D eigenvalue weighted by atomic mass is 9.95. The van der Waals surface area contributed by atoms with Gasteiger partial charge in [0.05, 0.1) is 45.5 Å². The number of carbonyl (C=O) groups is 1. The summed E-state index contributed by atoms with van der Waals surface area (Å²) in [6, 6.07) is 18.0. The number of fused-ring (bicyclic) bond motifs is 2. The van der Waals surface area contributed by atoms with Gasteiger partial charge < -0.3 is 19.5 Å². The summed E-state index contributed by atoms with van der Waals surface area (Å²) in [4.78, 5) is 43.9. The van der Waals surface area contributed by atoms with Crippen molar-refractivity contribution in [3.8, 4) is 17.2 Å². The van der Waals surface area contributed by atoms with Gasteiger partial charge in [-0.1, -0.05) is 41.7 Å². The Balaban J connectivity index is 1.53. The van der Waals surface area contributed by atoms with Crippen molar-refractivity contribution in [1.29, 1.82) is 0 Å². The first-order valence-electron chi connectivity index (χ1n) is 12.4. The monoisotopic (exact) mass is 570 g/mol. The SMILES string of the molecule is COc1cccc([C@H]2C(C(=O)Nc3ccccc3)=C(C)N=c3s/c(=C\c4cc5c(cc4[N+](=O)[O-])OCO5)c(=O)n32)c1. The fraction of sp³-hybridized carbons (Fsp3) is 0.138. The molecule has 0 saturated carbocycles. The Morgan fingerprint density at radius 1 is 1.15 bits per heavy atom. The lowest BCUT2D eigenvalue weighted by molar-refractivity contribution is -0.385. The van der Waals surface area contributed by atoms with E-state index in [2.05, 4.69) is 10.3 Å². The molecule has 4 aromatic rings. The van der Waals surface area contributed by atoms with E-state index in [9.17, 15) is 19.7 Å². The van der Waals surface area contributed by atoms with E-state index >= 15 is 0 Å². The maximum absolute atomic E-state index is 14.0. The van der Waals surface area contributed by atoms with Gasteiger partial charge in [-0.15, -0.1) is 0 Å². The molecule has 1 aromatic heterocycles. The van der Waals surface area contributed by atoms with E-state index in [1.54, 1.807) is 49.4 Å². The summed E-state index contributed by atoms with van der Waals surface area (Å²) in [6.07, 6.45) is 1.44. The summed E-state index contributed by atoms with van der Waals surface area (Å²) in [5.41, 5.74) is 1.45. The van der Waals surface area contributed by atoms with Crippen molar-refractivity contribution >= 4 is 34.7 Å². The molecule has 1 atom stereocenters. The van der Waals surface area contributed by atoms with E-state index < -0.39 is 22.4 Å². The van der Waals surface area contributed by atoms with Crippen LogP contribution in [0.15, 0.2) is 87.8 Å². The number of methoxy groups -OCH3 is 1. The minimum Gasteiger partial charge on any atom is -0.497 e. The quantitative estimate of drug-likeness (QED) is 0.277. The fourth-order valence-corrected chi connectivity index (χ4v) is 5.86. The number of aromatic nitrogens is 1. The van der Waals surface area contributed by atoms with Crippen molar-refractivity contribution in [2.24, 2.45) is 4.99 Å². The van der Waals surface area contributed by atoms with E-state index in [-0.39, 0.29) is 33.9 Å². The lowest BCUT2D eigenvalue weighted by Crippen LogP contribution is -2.40. The molecule has 12 heteroatoms. The first-order chi connectivity index (χ1) is 19.8. The average Bonchev–Trinajstić information content (AvgIpc) is 3.55. The highest BCUT2D eigenvalue weighted by atomic mass is 32.1. The molecule has 3 heterocycles. The van der Waals surface area contributed by atoms with Gasteiger partial charge in [-0.25, -0.2) is 4.99 Å². The van der Waals surface area contributed by atoms with E-state index in [1.807, 2.05) is 12.1 Å². The molecule has 0 fully saturated rings. The molecule has 11 nitrogen and oxygen atoms in total. The van der Waals surface area contributed by atoms with Gasteiger partial charge in [0, 0.05) is 5.69 Å². The highest BCUT2D eigenvalue weighted by molar-refractivity contribution is 7.07. The van der Waals surface area contributed by atoms with E-state index in [4.69, 9.17) is 14.2 Å². The molecule has 0 radical (unpaired) electrons. The number of ether oxygens (including phenoxy) is 3. The van der Waals surface area contributed by atoms with Crippen LogP contribution in [0.4, 0.5) is 11.4 Å². The van der Waals surface area contributed by atoms with Crippen LogP contribution in [0.2, 0.25) is 0 Å². The van der Waals surface area contributed by atoms with Gasteiger partial charge in [0.15, 0.2) is 16.3 Å². The number of anilines is 1. The molecule has 2 aliphatic rings. The van der Waals surface area contributed by atoms with Crippen molar-refractivity contribution in [3.63, 3.8) is 0 Å². The zero-order chi connectivity index (χ0) is 28.7. The number of thiazole rings is 1. The van der Waals surface area contributed by atoms with Crippen molar-refractivity contribution in [2.75, 3.05) is 19.2 Å². The minimum atomic E-state index is -0.834. The van der Waals surface area contributed by atoms with Crippen molar-refractivity contribution in [2.45, 2.75) is 13.0 Å². The first-order valence-corrected chi connectivity index (χ1v) is 13.3. The standard InChI is InChI=1S/C29H22N4O7S/c1-16-25(27(34)31-19-8-4-3-5-9-19)26(17-7-6-10-20(11-17)38-2)32-28(35)24(41-29(32)30-16)13-18-12-22-23(40-15-39-22)14-21(18)33(36)37/h3-14,26H,15H2,1-2H3,(H,31,34)/b24-13-/t26-/m0/s1. The summed E-state index contributed by atoms with van der Waals surface area (Å²) >= 11 is 1.08. The molecule has 41 heavy (non-hydrogen) atoms. The van der Waals surface area contributed by atoms with Crippen LogP contribution in [-0.4, -0.2) is 29.3 Å². The lowest BCUT2D eigenvalue weighted by Gasteiger charge is -2.25. The third-order valence-electron chi connectivity index (χ3n) is 6.71. The number of nitrogens with zero attached hydrogens (tertiary/aromatic N) is 3. The van der Waals surface area contributed by atoms with E-state index in [0.29, 0.717) is 33.2 Å². The summed E-state index contributed by atoms with van der Waals surface area (Å²) in [5, 5.41) is 14.7. The van der Waals surface area contributed by atoms with Gasteiger partial charge in [0.1, 0.15) is 5.75 Å². The normalized spacial score (nSPS) is 15.8. The van der Waals surface area contributed by atoms with Gasteiger partial charge in [-0.2, -0.15) is 0 Å². The number of nitrogens with one attached hydrogen (secondary N) is 1. The van der Waals surface area contributed by atoms with Gasteiger partial charge in [-0.05, 0) is 48.9 Å². The number of para-hydroxylation sites is 1. The Kier molecular flexibility index (Phi) is 6.59. The molecule has 0 bridgehead atoms. The second-order valence-corrected chi connectivity index (χ2v) is 10.2. The number of allylic oxidation sites excluding steroid dienone is 1. The number of nitro groups is 1. The predicted molar refractivity (Wildman–Crippen MR) is 151 cm³/mol. The first kappa shape index (κ1) is 26.0. The third kappa shape index (κ3) is 4.74. The fourth-order valence-electron chi connectivity index (χ4n) is 4.82. The third-order valence-corrected chi connectivity index (χ3v) is 7.70. The van der Waals surface area contributed by atoms with Gasteiger partial charge in [0.2, 0.25) is 6.79 Å². The Labute approximate surface area is 236 Å². The predicted octanol–water partition coefficient (Wildman–Crippen LogP) is 3.52. The highest BCUT2D eigenvalue weighted by Crippen LogP contribution is 2.38. The number of amides is 1. The number of hydrogen-bond donors (Lipinski definition) is 1. The number of rotatable bonds is 6. The average molecular weight is 571 g/mol. The molecule has 6 rings (SSSR count). The van der Waals surface area contributed by atoms with Gasteiger partial charge in [-0.3, -0.25) is 24.3 Å². The van der Waals surface area contributed by atoms with E-state index in [0.717, 1.165) is 11.3 Å². The zero-order valence-corrected chi connectivity index (χ0v) is 22.6. The van der Waals surface area contributed by atoms with Crippen LogP contribution in [0.3, 0.4) is 0 Å². The second kappa shape index (κ2) is 10.4. The smallest absolute Gasteiger partial charge is 0.280 e. The van der Waals surface area contributed by atoms with Crippen LogP contribution in [0.1, 0.15) is 24.1 Å². The molecule has 2 aliphatic heterocycles. The Morgan fingerprint density at radius 2 is 1.90 bits per heavy atom. The van der Waals surface area contributed by atoms with Crippen molar-refractivity contribution < 1.29 is 23.9 Å². The molecular formula is C29H22N4O7S. The van der Waals surface area contributed by atoms with Crippen LogP contribution in [0, 0.1) is 10.1 Å². The molecule has 1 N–H and O–H groups in total. The van der Waals surface area contributed by atoms with Crippen LogP contribution < -0.4 is 34.4 Å². The molecule has 0 unspecified atom stereocenters. The highest BCUT2D eigenvalue weighted by Gasteiger charge is 2.33. The second-order valence-electron chi connectivity index (χ2n) is 9.20. The largest absolute Gasteiger partial charge is 0.497 e. The molecule has 0 aliphatic carbocycles. The van der Waals surface area contributed by atoms with Crippen molar-refractivity contribution in [1.82, 2.24) is 4.57 Å². The number of carbonyl (C=O) groups excluding carboxylic acids is 1. The van der Waals surface area contributed by atoms with Crippen LogP contribution in [0.25, 0.3) is 6.08 Å². The van der Waals surface area contributed by atoms with Gasteiger partial charge in [0.25, 0.3) is 17.2 Å². The van der Waals surface area contributed by atoms with Crippen molar-refractivity contribution in [3.05, 3.63) is 119 Å². The molecule has 206 valence electrons.